The number of para-hydroxylation sites is 1. The first kappa shape index (κ1) is 13.0. The normalized spacial score (nSPS) is 11.3. The molecule has 0 fully saturated rings. The van der Waals surface area contributed by atoms with E-state index in [-0.39, 0.29) is 0 Å². The van der Waals surface area contributed by atoms with Gasteiger partial charge in [0, 0.05) is 11.9 Å². The zero-order valence-electron chi connectivity index (χ0n) is 11.2. The number of nitrogens with zero attached hydrogens (tertiary/aromatic N) is 2. The van der Waals surface area contributed by atoms with Crippen LogP contribution in [0, 0.1) is 0 Å². The molecule has 0 radical (unpaired) electrons. The monoisotopic (exact) mass is 243 g/mol. The van der Waals surface area contributed by atoms with Gasteiger partial charge >= 0.3 is 0 Å². The van der Waals surface area contributed by atoms with Crippen molar-refractivity contribution in [1.29, 1.82) is 0 Å². The van der Waals surface area contributed by atoms with Crippen LogP contribution in [0.5, 0.6) is 0 Å². The second-order valence-corrected chi connectivity index (χ2v) is 4.83. The van der Waals surface area contributed by atoms with Gasteiger partial charge in [0.25, 0.3) is 0 Å². The third kappa shape index (κ3) is 3.79. The predicted octanol–water partition coefficient (Wildman–Crippen LogP) is 2.28. The third-order valence-electron chi connectivity index (χ3n) is 2.92. The number of pyridine rings is 1. The summed E-state index contributed by atoms with van der Waals surface area (Å²) in [5.74, 6) is 0. The van der Waals surface area contributed by atoms with Crippen molar-refractivity contribution >= 4 is 10.9 Å². The van der Waals surface area contributed by atoms with E-state index in [1.54, 1.807) is 0 Å². The van der Waals surface area contributed by atoms with Crippen molar-refractivity contribution in [3.63, 3.8) is 0 Å². The summed E-state index contributed by atoms with van der Waals surface area (Å²) in [6.45, 7) is 3.00. The molecule has 0 atom stereocenters. The summed E-state index contributed by atoms with van der Waals surface area (Å²) in [4.78, 5) is 6.84. The molecule has 1 aromatic heterocycles. The Kier molecular flexibility index (Phi) is 4.67. The fourth-order valence-corrected chi connectivity index (χ4v) is 1.94. The molecular weight excluding hydrogens is 222 g/mol. The lowest BCUT2D eigenvalue weighted by Gasteiger charge is -2.09. The Morgan fingerprint density at radius 2 is 1.94 bits per heavy atom. The Morgan fingerprint density at radius 1 is 1.11 bits per heavy atom. The summed E-state index contributed by atoms with van der Waals surface area (Å²) in [5.41, 5.74) is 2.18. The largest absolute Gasteiger partial charge is 0.311 e. The van der Waals surface area contributed by atoms with Crippen LogP contribution in [0.2, 0.25) is 0 Å². The highest BCUT2D eigenvalue weighted by molar-refractivity contribution is 5.78. The number of nitrogens with one attached hydrogen (secondary N) is 1. The minimum Gasteiger partial charge on any atom is -0.311 e. The maximum atomic E-state index is 4.64. The lowest BCUT2D eigenvalue weighted by atomic mass is 10.2. The van der Waals surface area contributed by atoms with E-state index in [9.17, 15) is 0 Å². The van der Waals surface area contributed by atoms with Gasteiger partial charge in [-0.15, -0.1) is 0 Å². The standard InChI is InChI=1S/C15H21N3/c1-18(2)11-5-10-16-12-14-9-8-13-6-3-4-7-15(13)17-14/h3-4,6-9,16H,5,10-12H2,1-2H3. The van der Waals surface area contributed by atoms with Crippen molar-refractivity contribution in [2.45, 2.75) is 13.0 Å². The van der Waals surface area contributed by atoms with Gasteiger partial charge in [0.1, 0.15) is 0 Å². The number of rotatable bonds is 6. The van der Waals surface area contributed by atoms with Gasteiger partial charge in [0.05, 0.1) is 11.2 Å². The molecule has 0 aliphatic rings. The number of benzene rings is 1. The van der Waals surface area contributed by atoms with Gasteiger partial charge in [0.15, 0.2) is 0 Å². The molecule has 0 bridgehead atoms. The van der Waals surface area contributed by atoms with E-state index in [1.165, 1.54) is 11.8 Å². The Morgan fingerprint density at radius 3 is 2.78 bits per heavy atom. The molecule has 2 aromatic rings. The lowest BCUT2D eigenvalue weighted by Crippen LogP contribution is -2.21. The van der Waals surface area contributed by atoms with E-state index in [4.69, 9.17) is 0 Å². The summed E-state index contributed by atoms with van der Waals surface area (Å²) in [5, 5.41) is 4.64. The molecule has 3 heteroatoms. The van der Waals surface area contributed by atoms with Crippen LogP contribution in [0.1, 0.15) is 12.1 Å². The second-order valence-electron chi connectivity index (χ2n) is 4.83. The molecule has 96 valence electrons. The molecule has 1 heterocycles. The molecule has 0 saturated heterocycles. The van der Waals surface area contributed by atoms with Gasteiger partial charge in [-0.25, -0.2) is 0 Å². The maximum Gasteiger partial charge on any atom is 0.0705 e. The molecular formula is C15H21N3. The Bertz CT molecular complexity index is 494. The van der Waals surface area contributed by atoms with Crippen molar-refractivity contribution in [2.24, 2.45) is 0 Å². The molecule has 1 N–H and O–H groups in total. The van der Waals surface area contributed by atoms with E-state index in [2.05, 4.69) is 53.6 Å². The molecule has 0 unspecified atom stereocenters. The van der Waals surface area contributed by atoms with Gasteiger partial charge in [-0.2, -0.15) is 0 Å². The van der Waals surface area contributed by atoms with E-state index >= 15 is 0 Å². The van der Waals surface area contributed by atoms with E-state index < -0.39 is 0 Å². The minimum atomic E-state index is 0.845. The minimum absolute atomic E-state index is 0.845. The van der Waals surface area contributed by atoms with Gasteiger partial charge < -0.3 is 10.2 Å². The van der Waals surface area contributed by atoms with Crippen LogP contribution < -0.4 is 5.32 Å². The van der Waals surface area contributed by atoms with Crippen LogP contribution in [0.15, 0.2) is 36.4 Å². The fourth-order valence-electron chi connectivity index (χ4n) is 1.94. The smallest absolute Gasteiger partial charge is 0.0705 e. The van der Waals surface area contributed by atoms with Crippen LogP contribution in [-0.4, -0.2) is 37.1 Å². The maximum absolute atomic E-state index is 4.64. The first-order valence-corrected chi connectivity index (χ1v) is 6.46. The van der Waals surface area contributed by atoms with Crippen LogP contribution >= 0.6 is 0 Å². The second kappa shape index (κ2) is 6.47. The Hall–Kier alpha value is -1.45. The number of hydrogen-bond donors (Lipinski definition) is 1. The average molecular weight is 243 g/mol. The van der Waals surface area contributed by atoms with Gasteiger partial charge in [-0.1, -0.05) is 24.3 Å². The summed E-state index contributed by atoms with van der Waals surface area (Å²) in [7, 11) is 4.20. The van der Waals surface area contributed by atoms with Crippen molar-refractivity contribution in [1.82, 2.24) is 15.2 Å². The van der Waals surface area contributed by atoms with Crippen LogP contribution in [0.4, 0.5) is 0 Å². The molecule has 3 nitrogen and oxygen atoms in total. The molecule has 0 spiro atoms. The van der Waals surface area contributed by atoms with Crippen LogP contribution in [0.25, 0.3) is 10.9 Å². The fraction of sp³-hybridized carbons (Fsp3) is 0.400. The highest BCUT2D eigenvalue weighted by Gasteiger charge is 1.97. The summed E-state index contributed by atoms with van der Waals surface area (Å²) >= 11 is 0. The molecule has 0 aliphatic heterocycles. The van der Waals surface area contributed by atoms with Gasteiger partial charge in [-0.05, 0) is 45.7 Å². The lowest BCUT2D eigenvalue weighted by molar-refractivity contribution is 0.394. The van der Waals surface area contributed by atoms with Crippen molar-refractivity contribution in [2.75, 3.05) is 27.2 Å². The third-order valence-corrected chi connectivity index (χ3v) is 2.92. The van der Waals surface area contributed by atoms with Crippen molar-refractivity contribution < 1.29 is 0 Å². The highest BCUT2D eigenvalue weighted by atomic mass is 15.1. The first-order chi connectivity index (χ1) is 8.75. The average Bonchev–Trinajstić information content (AvgIpc) is 2.38. The Balaban J connectivity index is 1.84. The highest BCUT2D eigenvalue weighted by Crippen LogP contribution is 2.11. The summed E-state index contributed by atoms with van der Waals surface area (Å²) < 4.78 is 0. The van der Waals surface area contributed by atoms with Crippen molar-refractivity contribution in [3.8, 4) is 0 Å². The molecule has 1 aromatic carbocycles. The quantitative estimate of drug-likeness (QED) is 0.789. The SMILES string of the molecule is CN(C)CCCNCc1ccc2ccccc2n1. The van der Waals surface area contributed by atoms with Crippen molar-refractivity contribution in [3.05, 3.63) is 42.1 Å². The first-order valence-electron chi connectivity index (χ1n) is 6.46. The summed E-state index contributed by atoms with van der Waals surface area (Å²) in [6.07, 6.45) is 1.17. The predicted molar refractivity (Wildman–Crippen MR) is 76.6 cm³/mol. The molecule has 18 heavy (non-hydrogen) atoms. The van der Waals surface area contributed by atoms with Crippen LogP contribution in [-0.2, 0) is 6.54 Å². The molecule has 0 amide bonds. The topological polar surface area (TPSA) is 28.2 Å². The molecule has 2 rings (SSSR count). The Labute approximate surface area is 109 Å². The zero-order chi connectivity index (χ0) is 12.8. The zero-order valence-corrected chi connectivity index (χ0v) is 11.2. The number of fused-ring (bicyclic) bond motifs is 1. The number of aromatic nitrogens is 1. The van der Waals surface area contributed by atoms with E-state index in [0.717, 1.165) is 30.8 Å². The molecule has 0 aliphatic carbocycles. The summed E-state index contributed by atoms with van der Waals surface area (Å²) in [6, 6.07) is 12.5. The van der Waals surface area contributed by atoms with Crippen LogP contribution in [0.3, 0.4) is 0 Å². The van der Waals surface area contributed by atoms with Gasteiger partial charge in [-0.3, -0.25) is 4.98 Å². The van der Waals surface area contributed by atoms with E-state index in [0.29, 0.717) is 0 Å². The van der Waals surface area contributed by atoms with E-state index in [1.807, 2.05) is 12.1 Å². The molecule has 0 saturated carbocycles. The van der Waals surface area contributed by atoms with Gasteiger partial charge in [0.2, 0.25) is 0 Å². The number of hydrogen-bond acceptors (Lipinski definition) is 3.